The van der Waals surface area contributed by atoms with Crippen LogP contribution in [0.2, 0.25) is 0 Å². The zero-order valence-electron chi connectivity index (χ0n) is 6.76. The molecule has 0 saturated carbocycles. The molecule has 0 heterocycles. The Labute approximate surface area is 83.5 Å². The number of hydrogen-bond donors (Lipinski definition) is 0. The van der Waals surface area contributed by atoms with Crippen molar-refractivity contribution in [2.75, 3.05) is 7.11 Å². The Kier molecular flexibility index (Phi) is 3.81. The maximum atomic E-state index is 12.2. The topological polar surface area (TPSA) is 9.23 Å². The highest BCUT2D eigenvalue weighted by Crippen LogP contribution is 2.34. The van der Waals surface area contributed by atoms with Crippen LogP contribution in [-0.2, 0) is 0 Å². The molecular formula is C8H7ClF2OS. The number of methoxy groups -OCH3 is 1. The second-order valence-corrected chi connectivity index (χ2v) is 3.35. The van der Waals surface area contributed by atoms with Crippen LogP contribution in [0.4, 0.5) is 8.78 Å². The van der Waals surface area contributed by atoms with E-state index >= 15 is 0 Å². The molecule has 0 amide bonds. The molecule has 0 radical (unpaired) electrons. The number of halogens is 3. The summed E-state index contributed by atoms with van der Waals surface area (Å²) in [4.78, 5) is 0.502. The van der Waals surface area contributed by atoms with E-state index in [0.29, 0.717) is 10.6 Å². The molecule has 0 aliphatic heterocycles. The van der Waals surface area contributed by atoms with Gasteiger partial charge in [0.05, 0.1) is 12.0 Å². The van der Waals surface area contributed by atoms with Gasteiger partial charge in [0.1, 0.15) is 5.75 Å². The minimum atomic E-state index is -2.48. The average Bonchev–Trinajstić information content (AvgIpc) is 2.16. The van der Waals surface area contributed by atoms with Crippen LogP contribution in [0, 0.1) is 0 Å². The SMILES string of the molecule is COc1ccc(C(F)F)cc1SCl. The Morgan fingerprint density at radius 2 is 2.15 bits per heavy atom. The van der Waals surface area contributed by atoms with Crippen molar-refractivity contribution in [1.82, 2.24) is 0 Å². The van der Waals surface area contributed by atoms with E-state index in [1.807, 2.05) is 0 Å². The van der Waals surface area contributed by atoms with Crippen LogP contribution in [0.15, 0.2) is 23.1 Å². The Morgan fingerprint density at radius 1 is 1.46 bits per heavy atom. The smallest absolute Gasteiger partial charge is 0.263 e. The number of ether oxygens (including phenoxy) is 1. The van der Waals surface area contributed by atoms with E-state index in [-0.39, 0.29) is 5.56 Å². The normalized spacial score (nSPS) is 10.5. The lowest BCUT2D eigenvalue weighted by atomic mass is 10.2. The standard InChI is InChI=1S/C8H7ClF2OS/c1-12-6-3-2-5(8(10)11)4-7(6)13-9/h2-4,8H,1H3. The molecule has 0 aliphatic rings. The first kappa shape index (κ1) is 10.6. The van der Waals surface area contributed by atoms with E-state index in [1.165, 1.54) is 25.3 Å². The van der Waals surface area contributed by atoms with Gasteiger partial charge in [-0.15, -0.1) is 0 Å². The van der Waals surface area contributed by atoms with E-state index in [2.05, 4.69) is 0 Å². The van der Waals surface area contributed by atoms with E-state index in [4.69, 9.17) is 15.4 Å². The second kappa shape index (κ2) is 4.67. The van der Waals surface area contributed by atoms with Crippen molar-refractivity contribution in [2.24, 2.45) is 0 Å². The molecule has 0 atom stereocenters. The lowest BCUT2D eigenvalue weighted by Crippen LogP contribution is -1.89. The predicted molar refractivity (Wildman–Crippen MR) is 49.7 cm³/mol. The molecule has 0 N–H and O–H groups in total. The summed E-state index contributed by atoms with van der Waals surface area (Å²) in [6, 6.07) is 4.12. The van der Waals surface area contributed by atoms with Gasteiger partial charge in [-0.1, -0.05) is 0 Å². The summed E-state index contributed by atoms with van der Waals surface area (Å²) in [7, 11) is 7.81. The van der Waals surface area contributed by atoms with Crippen molar-refractivity contribution >= 4 is 21.7 Å². The van der Waals surface area contributed by atoms with E-state index in [9.17, 15) is 8.78 Å². The van der Waals surface area contributed by atoms with Gasteiger partial charge in [-0.05, 0) is 39.9 Å². The van der Waals surface area contributed by atoms with Gasteiger partial charge in [0.15, 0.2) is 0 Å². The largest absolute Gasteiger partial charge is 0.496 e. The summed E-state index contributed by atoms with van der Waals surface area (Å²) in [5.74, 6) is 0.504. The van der Waals surface area contributed by atoms with Gasteiger partial charge < -0.3 is 4.74 Å². The molecule has 5 heteroatoms. The van der Waals surface area contributed by atoms with Gasteiger partial charge in [0, 0.05) is 5.56 Å². The van der Waals surface area contributed by atoms with Gasteiger partial charge in [0.25, 0.3) is 6.43 Å². The van der Waals surface area contributed by atoms with E-state index < -0.39 is 6.43 Å². The Morgan fingerprint density at radius 3 is 2.62 bits per heavy atom. The third-order valence-electron chi connectivity index (χ3n) is 1.52. The van der Waals surface area contributed by atoms with E-state index in [1.54, 1.807) is 0 Å². The Bertz CT molecular complexity index is 293. The average molecular weight is 225 g/mol. The zero-order chi connectivity index (χ0) is 9.84. The first-order valence-electron chi connectivity index (χ1n) is 3.43. The van der Waals surface area contributed by atoms with Crippen molar-refractivity contribution in [1.29, 1.82) is 0 Å². The third kappa shape index (κ3) is 2.48. The molecule has 0 spiro atoms. The molecule has 0 saturated heterocycles. The van der Waals surface area contributed by atoms with Crippen LogP contribution in [0.5, 0.6) is 5.75 Å². The molecule has 0 unspecified atom stereocenters. The van der Waals surface area contributed by atoms with Crippen LogP contribution in [0.3, 0.4) is 0 Å². The predicted octanol–water partition coefficient (Wildman–Crippen LogP) is 3.88. The van der Waals surface area contributed by atoms with Gasteiger partial charge in [-0.2, -0.15) is 0 Å². The summed E-state index contributed by atoms with van der Waals surface area (Å²) >= 11 is 0. The van der Waals surface area contributed by atoms with Gasteiger partial charge in [-0.25, -0.2) is 8.78 Å². The number of hydrogen-bond acceptors (Lipinski definition) is 2. The summed E-state index contributed by atoms with van der Waals surface area (Å²) in [5, 5.41) is 0. The minimum Gasteiger partial charge on any atom is -0.496 e. The van der Waals surface area contributed by atoms with Crippen molar-refractivity contribution in [3.05, 3.63) is 23.8 Å². The highest BCUT2D eigenvalue weighted by molar-refractivity contribution is 8.21. The fourth-order valence-electron chi connectivity index (χ4n) is 0.889. The quantitative estimate of drug-likeness (QED) is 0.771. The molecule has 0 aromatic heterocycles. The Hall–Kier alpha value is -0.480. The van der Waals surface area contributed by atoms with Crippen molar-refractivity contribution in [3.63, 3.8) is 0 Å². The number of alkyl halides is 2. The van der Waals surface area contributed by atoms with Gasteiger partial charge in [-0.3, -0.25) is 0 Å². The first-order valence-corrected chi connectivity index (χ1v) is 5.08. The van der Waals surface area contributed by atoms with Crippen molar-refractivity contribution in [3.8, 4) is 5.75 Å². The monoisotopic (exact) mass is 224 g/mol. The fraction of sp³-hybridized carbons (Fsp3) is 0.250. The van der Waals surface area contributed by atoms with Crippen LogP contribution in [0.1, 0.15) is 12.0 Å². The number of benzene rings is 1. The highest BCUT2D eigenvalue weighted by atomic mass is 35.7. The van der Waals surface area contributed by atoms with Crippen LogP contribution in [-0.4, -0.2) is 7.11 Å². The molecule has 1 aromatic rings. The van der Waals surface area contributed by atoms with Crippen molar-refractivity contribution < 1.29 is 13.5 Å². The van der Waals surface area contributed by atoms with Crippen LogP contribution < -0.4 is 4.74 Å². The molecule has 0 aliphatic carbocycles. The lowest BCUT2D eigenvalue weighted by Gasteiger charge is -2.06. The van der Waals surface area contributed by atoms with Gasteiger partial charge >= 0.3 is 0 Å². The lowest BCUT2D eigenvalue weighted by molar-refractivity contribution is 0.151. The molecule has 1 aromatic carbocycles. The number of rotatable bonds is 3. The summed E-state index contributed by atoms with van der Waals surface area (Å²) < 4.78 is 29.4. The minimum absolute atomic E-state index is 0.0519. The van der Waals surface area contributed by atoms with Crippen molar-refractivity contribution in [2.45, 2.75) is 11.3 Å². The second-order valence-electron chi connectivity index (χ2n) is 2.29. The van der Waals surface area contributed by atoms with E-state index in [0.717, 1.165) is 11.0 Å². The highest BCUT2D eigenvalue weighted by Gasteiger charge is 2.10. The molecule has 0 fully saturated rings. The summed E-state index contributed by atoms with van der Waals surface area (Å²) in [5.41, 5.74) is -0.0519. The van der Waals surface area contributed by atoms with Gasteiger partial charge in [0.2, 0.25) is 0 Å². The molecular weight excluding hydrogens is 218 g/mol. The Balaban J connectivity index is 3.05. The third-order valence-corrected chi connectivity index (χ3v) is 2.51. The maximum Gasteiger partial charge on any atom is 0.263 e. The first-order chi connectivity index (χ1) is 6.19. The fourth-order valence-corrected chi connectivity index (χ4v) is 1.66. The maximum absolute atomic E-state index is 12.2. The summed E-state index contributed by atoms with van der Waals surface area (Å²) in [6.45, 7) is 0. The summed E-state index contributed by atoms with van der Waals surface area (Å²) in [6.07, 6.45) is -2.48. The molecule has 1 rings (SSSR count). The van der Waals surface area contributed by atoms with Crippen LogP contribution in [0.25, 0.3) is 0 Å². The molecule has 13 heavy (non-hydrogen) atoms. The molecule has 1 nitrogen and oxygen atoms in total. The van der Waals surface area contributed by atoms with Crippen LogP contribution >= 0.6 is 21.7 Å². The molecule has 0 bridgehead atoms. The molecule has 72 valence electrons. The zero-order valence-corrected chi connectivity index (χ0v) is 8.33.